The molecule has 0 aliphatic carbocycles. The summed E-state index contributed by atoms with van der Waals surface area (Å²) in [5.74, 6) is 0.408. The van der Waals surface area contributed by atoms with Crippen molar-refractivity contribution in [2.45, 2.75) is 45.1 Å². The van der Waals surface area contributed by atoms with Crippen molar-refractivity contribution in [1.29, 1.82) is 0 Å². The van der Waals surface area contributed by atoms with Crippen LogP contribution in [0.4, 0.5) is 0 Å². The molecule has 0 radical (unpaired) electrons. The van der Waals surface area contributed by atoms with E-state index in [1.807, 2.05) is 45.0 Å². The Hall–Kier alpha value is -2.04. The summed E-state index contributed by atoms with van der Waals surface area (Å²) < 4.78 is 23.2. The van der Waals surface area contributed by atoms with Crippen molar-refractivity contribution in [1.82, 2.24) is 9.97 Å². The van der Waals surface area contributed by atoms with E-state index in [2.05, 4.69) is 9.97 Å². The Balaban J connectivity index is 1.89. The molecule has 0 aliphatic heterocycles. The van der Waals surface area contributed by atoms with Gasteiger partial charge in [-0.2, -0.15) is 0 Å². The van der Waals surface area contributed by atoms with Gasteiger partial charge in [-0.25, -0.2) is 4.79 Å². The molecule has 7 nitrogen and oxygen atoms in total. The first-order valence-corrected chi connectivity index (χ1v) is 14.4. The van der Waals surface area contributed by atoms with E-state index in [-0.39, 0.29) is 5.97 Å². The predicted octanol–water partition coefficient (Wildman–Crippen LogP) is 5.49. The maximum atomic E-state index is 12.7. The van der Waals surface area contributed by atoms with Crippen LogP contribution in [0.15, 0.2) is 41.6 Å². The van der Waals surface area contributed by atoms with Gasteiger partial charge in [0.2, 0.25) is 0 Å². The van der Waals surface area contributed by atoms with Crippen LogP contribution in [0.3, 0.4) is 0 Å². The van der Waals surface area contributed by atoms with Crippen molar-refractivity contribution in [3.05, 3.63) is 42.2 Å². The van der Waals surface area contributed by atoms with Crippen LogP contribution in [0.2, 0.25) is 6.04 Å². The molecule has 1 aromatic carbocycles. The number of ether oxygens (including phenoxy) is 1. The van der Waals surface area contributed by atoms with Crippen LogP contribution in [0.25, 0.3) is 21.8 Å². The van der Waals surface area contributed by atoms with E-state index in [9.17, 15) is 4.79 Å². The fourth-order valence-electron chi connectivity index (χ4n) is 3.75. The zero-order chi connectivity index (χ0) is 23.7. The lowest BCUT2D eigenvalue weighted by Gasteiger charge is -2.28. The molecular weight excluding hydrogens is 456 g/mol. The molecule has 9 heteroatoms. The van der Waals surface area contributed by atoms with E-state index >= 15 is 0 Å². The number of pyridine rings is 2. The van der Waals surface area contributed by atoms with Crippen molar-refractivity contribution in [3.8, 4) is 0 Å². The van der Waals surface area contributed by atoms with Gasteiger partial charge in [-0.3, -0.25) is 9.97 Å². The van der Waals surface area contributed by atoms with E-state index in [0.29, 0.717) is 32.0 Å². The van der Waals surface area contributed by atoms with Crippen molar-refractivity contribution >= 4 is 48.3 Å². The number of benzene rings is 1. The number of fused-ring (bicyclic) bond motifs is 3. The number of aromatic nitrogens is 2. The Morgan fingerprint density at radius 1 is 0.939 bits per heavy atom. The molecule has 2 heterocycles. The smallest absolute Gasteiger partial charge is 0.462 e. The lowest BCUT2D eigenvalue weighted by atomic mass is 10.1. The molecule has 178 valence electrons. The van der Waals surface area contributed by atoms with Gasteiger partial charge in [-0.05, 0) is 45.9 Å². The quantitative estimate of drug-likeness (QED) is 0.103. The third-order valence-electron chi connectivity index (χ3n) is 5.02. The summed E-state index contributed by atoms with van der Waals surface area (Å²) >= 11 is 1.62. The Morgan fingerprint density at radius 3 is 2.33 bits per heavy atom. The van der Waals surface area contributed by atoms with E-state index < -0.39 is 8.80 Å². The van der Waals surface area contributed by atoms with Gasteiger partial charge in [0.15, 0.2) is 0 Å². The fraction of sp³-hybridized carbons (Fsp3) is 0.458. The topological polar surface area (TPSA) is 79.8 Å². The van der Waals surface area contributed by atoms with Crippen LogP contribution in [0, 0.1) is 0 Å². The molecule has 0 N–H and O–H groups in total. The van der Waals surface area contributed by atoms with Gasteiger partial charge in [0.1, 0.15) is 0 Å². The highest BCUT2D eigenvalue weighted by molar-refractivity contribution is 7.99. The Kier molecular flexibility index (Phi) is 9.63. The molecule has 0 amide bonds. The van der Waals surface area contributed by atoms with Crippen LogP contribution >= 0.6 is 11.8 Å². The van der Waals surface area contributed by atoms with Gasteiger partial charge in [-0.15, -0.1) is 11.8 Å². The number of carbonyl (C=O) groups excluding carboxylic acids is 1. The largest absolute Gasteiger partial charge is 0.500 e. The van der Waals surface area contributed by atoms with Gasteiger partial charge in [0.05, 0.1) is 23.2 Å². The van der Waals surface area contributed by atoms with Crippen molar-refractivity contribution < 1.29 is 22.8 Å². The van der Waals surface area contributed by atoms with Gasteiger partial charge >= 0.3 is 14.8 Å². The SMILES string of the molecule is CCOC(=O)c1cnc2c(ccc3cccnc32)c1SCCC[Si](OCC)(OCC)OCC. The molecule has 0 saturated carbocycles. The van der Waals surface area contributed by atoms with Gasteiger partial charge in [0.25, 0.3) is 0 Å². The number of hydrogen-bond acceptors (Lipinski definition) is 8. The molecular formula is C24H32N2O5SSi. The van der Waals surface area contributed by atoms with Crippen molar-refractivity contribution in [2.24, 2.45) is 0 Å². The molecule has 33 heavy (non-hydrogen) atoms. The molecule has 0 unspecified atom stereocenters. The molecule has 0 atom stereocenters. The van der Waals surface area contributed by atoms with Crippen LogP contribution in [0.5, 0.6) is 0 Å². The maximum Gasteiger partial charge on any atom is 0.500 e. The second-order valence-electron chi connectivity index (χ2n) is 7.19. The highest BCUT2D eigenvalue weighted by Gasteiger charge is 2.39. The molecule has 3 aromatic rings. The van der Waals surface area contributed by atoms with E-state index in [4.69, 9.17) is 18.0 Å². The molecule has 0 fully saturated rings. The summed E-state index contributed by atoms with van der Waals surface area (Å²) in [7, 11) is -2.70. The zero-order valence-corrected chi connectivity index (χ0v) is 21.6. The lowest BCUT2D eigenvalue weighted by Crippen LogP contribution is -2.46. The third-order valence-corrected chi connectivity index (χ3v) is 9.39. The standard InChI is InChI=1S/C24H32N2O5SSi/c1-5-28-24(27)20-17-26-22-19(13-12-18-11-9-14-25-21(18)22)23(20)32-15-10-16-33(29-6-2,30-7-3)31-8-4/h9,11-14,17H,5-8,10,15-16H2,1-4H3. The van der Waals surface area contributed by atoms with Crippen LogP contribution < -0.4 is 0 Å². The number of nitrogens with zero attached hydrogens (tertiary/aromatic N) is 2. The van der Waals surface area contributed by atoms with Gasteiger partial charge < -0.3 is 18.0 Å². The van der Waals surface area contributed by atoms with E-state index in [1.165, 1.54) is 0 Å². The highest BCUT2D eigenvalue weighted by atomic mass is 32.2. The van der Waals surface area contributed by atoms with Crippen molar-refractivity contribution in [2.75, 3.05) is 32.2 Å². The second kappa shape index (κ2) is 12.4. The number of esters is 1. The molecule has 2 aromatic heterocycles. The Labute approximate surface area is 200 Å². The monoisotopic (exact) mass is 488 g/mol. The predicted molar refractivity (Wildman–Crippen MR) is 134 cm³/mol. The summed E-state index contributed by atoms with van der Waals surface area (Å²) in [6.07, 6.45) is 4.19. The minimum atomic E-state index is -2.70. The second-order valence-corrected chi connectivity index (χ2v) is 11.0. The molecule has 0 spiro atoms. The summed E-state index contributed by atoms with van der Waals surface area (Å²) in [6.45, 7) is 9.66. The zero-order valence-electron chi connectivity index (χ0n) is 19.8. The van der Waals surface area contributed by atoms with Gasteiger partial charge in [-0.1, -0.05) is 18.2 Å². The molecule has 0 saturated heterocycles. The maximum absolute atomic E-state index is 12.7. The molecule has 3 rings (SSSR count). The number of thioether (sulfide) groups is 1. The third kappa shape index (κ3) is 6.10. The average Bonchev–Trinajstić information content (AvgIpc) is 2.82. The van der Waals surface area contributed by atoms with Crippen molar-refractivity contribution in [3.63, 3.8) is 0 Å². The van der Waals surface area contributed by atoms with E-state index in [0.717, 1.165) is 44.9 Å². The molecule has 0 bridgehead atoms. The first kappa shape index (κ1) is 25.6. The molecule has 0 aliphatic rings. The summed E-state index contributed by atoms with van der Waals surface area (Å²) in [6, 6.07) is 8.66. The minimum Gasteiger partial charge on any atom is -0.462 e. The number of hydrogen-bond donors (Lipinski definition) is 0. The van der Waals surface area contributed by atoms with E-state index in [1.54, 1.807) is 31.1 Å². The fourth-order valence-corrected chi connectivity index (χ4v) is 7.72. The number of carbonyl (C=O) groups is 1. The van der Waals surface area contributed by atoms with Crippen LogP contribution in [-0.4, -0.2) is 56.9 Å². The highest BCUT2D eigenvalue weighted by Crippen LogP contribution is 2.35. The number of rotatable bonds is 13. The van der Waals surface area contributed by atoms with Crippen LogP contribution in [0.1, 0.15) is 44.5 Å². The van der Waals surface area contributed by atoms with Gasteiger partial charge in [0, 0.05) is 53.9 Å². The summed E-state index contributed by atoms with van der Waals surface area (Å²) in [5, 5.41) is 1.91. The first-order valence-electron chi connectivity index (χ1n) is 11.5. The summed E-state index contributed by atoms with van der Waals surface area (Å²) in [5.41, 5.74) is 2.08. The lowest BCUT2D eigenvalue weighted by molar-refractivity contribution is 0.0521. The summed E-state index contributed by atoms with van der Waals surface area (Å²) in [4.78, 5) is 22.6. The first-order chi connectivity index (χ1) is 16.1. The van der Waals surface area contributed by atoms with Crippen LogP contribution in [-0.2, 0) is 18.0 Å². The average molecular weight is 489 g/mol. The Morgan fingerprint density at radius 2 is 1.67 bits per heavy atom. The Bertz CT molecular complexity index is 1060. The minimum absolute atomic E-state index is 0.311. The normalized spacial score (nSPS) is 11.9.